The van der Waals surface area contributed by atoms with Gasteiger partial charge in [0.25, 0.3) is 0 Å². The van der Waals surface area contributed by atoms with Gasteiger partial charge >= 0.3 is 5.97 Å². The summed E-state index contributed by atoms with van der Waals surface area (Å²) in [6, 6.07) is 0. The fourth-order valence-electron chi connectivity index (χ4n) is 2.04. The Labute approximate surface area is 93.8 Å². The van der Waals surface area contributed by atoms with E-state index in [9.17, 15) is 4.79 Å². The maximum absolute atomic E-state index is 10.6. The molecular formula is C11H16N2O3. The van der Waals surface area contributed by atoms with Gasteiger partial charge in [0.1, 0.15) is 5.82 Å². The minimum absolute atomic E-state index is 0.00998. The van der Waals surface area contributed by atoms with Gasteiger partial charge in [0.2, 0.25) is 0 Å². The Morgan fingerprint density at radius 1 is 1.75 bits per heavy atom. The van der Waals surface area contributed by atoms with Gasteiger partial charge in [0.15, 0.2) is 0 Å². The van der Waals surface area contributed by atoms with Crippen LogP contribution in [0.3, 0.4) is 0 Å². The first-order chi connectivity index (χ1) is 7.60. The molecule has 16 heavy (non-hydrogen) atoms. The molecule has 0 aromatic carbocycles. The van der Waals surface area contributed by atoms with E-state index in [4.69, 9.17) is 9.84 Å². The van der Waals surface area contributed by atoms with Gasteiger partial charge in [-0.25, -0.2) is 4.98 Å². The second-order valence-electron chi connectivity index (χ2n) is 4.54. The van der Waals surface area contributed by atoms with Gasteiger partial charge in [-0.3, -0.25) is 4.79 Å². The molecule has 1 saturated heterocycles. The van der Waals surface area contributed by atoms with Gasteiger partial charge in [-0.1, -0.05) is 6.92 Å². The normalized spacial score (nSPS) is 25.6. The van der Waals surface area contributed by atoms with Crippen LogP contribution in [0.2, 0.25) is 0 Å². The van der Waals surface area contributed by atoms with Crippen LogP contribution >= 0.6 is 0 Å². The smallest absolute Gasteiger partial charge is 0.309 e. The van der Waals surface area contributed by atoms with E-state index < -0.39 is 5.97 Å². The van der Waals surface area contributed by atoms with Crippen molar-refractivity contribution in [3.63, 3.8) is 0 Å². The van der Waals surface area contributed by atoms with Crippen molar-refractivity contribution in [2.45, 2.75) is 31.6 Å². The van der Waals surface area contributed by atoms with Crippen LogP contribution < -0.4 is 0 Å². The minimum atomic E-state index is -0.847. The highest BCUT2D eigenvalue weighted by Crippen LogP contribution is 2.30. The van der Waals surface area contributed by atoms with E-state index in [2.05, 4.69) is 16.9 Å². The Hall–Kier alpha value is -1.36. The monoisotopic (exact) mass is 224 g/mol. The zero-order valence-corrected chi connectivity index (χ0v) is 9.32. The summed E-state index contributed by atoms with van der Waals surface area (Å²) < 4.78 is 5.45. The molecule has 1 atom stereocenters. The first kappa shape index (κ1) is 11.1. The summed E-state index contributed by atoms with van der Waals surface area (Å²) in [5.74, 6) is -0.0105. The zero-order valence-electron chi connectivity index (χ0n) is 9.32. The van der Waals surface area contributed by atoms with Crippen LogP contribution in [0.4, 0.5) is 0 Å². The van der Waals surface area contributed by atoms with Crippen molar-refractivity contribution in [1.29, 1.82) is 0 Å². The first-order valence-corrected chi connectivity index (χ1v) is 5.44. The molecule has 0 amide bonds. The van der Waals surface area contributed by atoms with Crippen molar-refractivity contribution in [2.75, 3.05) is 13.2 Å². The number of H-pyrrole nitrogens is 1. The predicted molar refractivity (Wildman–Crippen MR) is 57.3 cm³/mol. The Morgan fingerprint density at radius 2 is 2.56 bits per heavy atom. The molecule has 0 saturated carbocycles. The Bertz CT molecular complexity index is 380. The number of hydrogen-bond acceptors (Lipinski definition) is 3. The van der Waals surface area contributed by atoms with Crippen LogP contribution in [-0.2, 0) is 21.4 Å². The number of imidazole rings is 1. The van der Waals surface area contributed by atoms with Crippen molar-refractivity contribution in [2.24, 2.45) is 0 Å². The van der Waals surface area contributed by atoms with Crippen molar-refractivity contribution in [3.05, 3.63) is 17.7 Å². The third-order valence-electron chi connectivity index (χ3n) is 2.98. The number of carboxylic acids is 1. The van der Waals surface area contributed by atoms with Crippen LogP contribution in [-0.4, -0.2) is 34.3 Å². The van der Waals surface area contributed by atoms with Gasteiger partial charge in [-0.2, -0.15) is 0 Å². The first-order valence-electron chi connectivity index (χ1n) is 5.44. The number of aromatic amines is 1. The molecule has 1 aromatic rings. The standard InChI is InChI=1S/C11H16N2O3/c1-11(3-2-4-16-7-11)10-12-6-8(13-10)5-9(14)15/h6H,2-5,7H2,1H3,(H,12,13)(H,14,15). The molecule has 1 unspecified atom stereocenters. The Kier molecular flexibility index (Phi) is 2.96. The summed E-state index contributed by atoms with van der Waals surface area (Å²) in [7, 11) is 0. The van der Waals surface area contributed by atoms with Crippen molar-refractivity contribution in [3.8, 4) is 0 Å². The summed E-state index contributed by atoms with van der Waals surface area (Å²) in [5.41, 5.74) is 0.545. The molecule has 5 nitrogen and oxygen atoms in total. The molecular weight excluding hydrogens is 208 g/mol. The molecule has 1 aliphatic heterocycles. The topological polar surface area (TPSA) is 75.2 Å². The number of nitrogens with one attached hydrogen (secondary N) is 1. The highest BCUT2D eigenvalue weighted by atomic mass is 16.5. The van der Waals surface area contributed by atoms with Gasteiger partial charge in [-0.05, 0) is 12.8 Å². The lowest BCUT2D eigenvalue weighted by molar-refractivity contribution is -0.136. The summed E-state index contributed by atoms with van der Waals surface area (Å²) in [6.45, 7) is 3.54. The average molecular weight is 224 g/mol. The van der Waals surface area contributed by atoms with Gasteiger partial charge in [-0.15, -0.1) is 0 Å². The van der Waals surface area contributed by atoms with E-state index in [1.165, 1.54) is 0 Å². The minimum Gasteiger partial charge on any atom is -0.481 e. The largest absolute Gasteiger partial charge is 0.481 e. The summed E-state index contributed by atoms with van der Waals surface area (Å²) in [6.07, 6.45) is 3.63. The van der Waals surface area contributed by atoms with E-state index in [1.54, 1.807) is 6.20 Å². The van der Waals surface area contributed by atoms with Crippen molar-refractivity contribution >= 4 is 5.97 Å². The van der Waals surface area contributed by atoms with Crippen LogP contribution in [0.5, 0.6) is 0 Å². The molecule has 1 aliphatic rings. The van der Waals surface area contributed by atoms with Crippen molar-refractivity contribution in [1.82, 2.24) is 9.97 Å². The number of aromatic nitrogens is 2. The highest BCUT2D eigenvalue weighted by Gasteiger charge is 2.32. The third-order valence-corrected chi connectivity index (χ3v) is 2.98. The second-order valence-corrected chi connectivity index (χ2v) is 4.54. The molecule has 0 aliphatic carbocycles. The number of ether oxygens (including phenoxy) is 1. The summed E-state index contributed by atoms with van der Waals surface area (Å²) in [4.78, 5) is 17.9. The molecule has 88 valence electrons. The number of carboxylic acid groups (broad SMARTS) is 1. The Morgan fingerprint density at radius 3 is 3.19 bits per heavy atom. The molecule has 0 radical (unpaired) electrons. The molecule has 2 N–H and O–H groups in total. The van der Waals surface area contributed by atoms with Gasteiger partial charge in [0.05, 0.1) is 13.0 Å². The van der Waals surface area contributed by atoms with E-state index in [-0.39, 0.29) is 11.8 Å². The maximum Gasteiger partial charge on any atom is 0.309 e. The van der Waals surface area contributed by atoms with E-state index >= 15 is 0 Å². The molecule has 2 rings (SSSR count). The van der Waals surface area contributed by atoms with Crippen LogP contribution in [0.1, 0.15) is 31.3 Å². The van der Waals surface area contributed by atoms with Gasteiger partial charge < -0.3 is 14.8 Å². The van der Waals surface area contributed by atoms with Crippen molar-refractivity contribution < 1.29 is 14.6 Å². The predicted octanol–water partition coefficient (Wildman–Crippen LogP) is 1.10. The number of aliphatic carboxylic acids is 1. The fourth-order valence-corrected chi connectivity index (χ4v) is 2.04. The number of carbonyl (C=O) groups is 1. The number of rotatable bonds is 3. The number of hydrogen-bond donors (Lipinski definition) is 2. The highest BCUT2D eigenvalue weighted by molar-refractivity contribution is 5.69. The van der Waals surface area contributed by atoms with E-state index in [1.807, 2.05) is 0 Å². The molecule has 2 heterocycles. The lowest BCUT2D eigenvalue weighted by Crippen LogP contribution is -2.34. The quantitative estimate of drug-likeness (QED) is 0.806. The molecule has 0 spiro atoms. The molecule has 1 aromatic heterocycles. The molecule has 0 bridgehead atoms. The lowest BCUT2D eigenvalue weighted by atomic mass is 9.84. The third kappa shape index (κ3) is 2.24. The molecule has 1 fully saturated rings. The van der Waals surface area contributed by atoms with Crippen LogP contribution in [0.25, 0.3) is 0 Å². The summed E-state index contributed by atoms with van der Waals surface area (Å²) in [5, 5.41) is 8.68. The van der Waals surface area contributed by atoms with Crippen LogP contribution in [0.15, 0.2) is 6.20 Å². The lowest BCUT2D eigenvalue weighted by Gasteiger charge is -2.31. The van der Waals surface area contributed by atoms with Gasteiger partial charge in [0, 0.05) is 23.9 Å². The maximum atomic E-state index is 10.6. The van der Waals surface area contributed by atoms with Crippen LogP contribution in [0, 0.1) is 0 Å². The summed E-state index contributed by atoms with van der Waals surface area (Å²) >= 11 is 0. The fraction of sp³-hybridized carbons (Fsp3) is 0.636. The van der Waals surface area contributed by atoms with E-state index in [0.29, 0.717) is 12.3 Å². The van der Waals surface area contributed by atoms with E-state index in [0.717, 1.165) is 25.3 Å². The SMILES string of the molecule is CC1(c2ncc(CC(=O)O)[nH]2)CCCOC1. The second kappa shape index (κ2) is 4.25. The average Bonchev–Trinajstić information content (AvgIpc) is 2.67. The zero-order chi connectivity index (χ0) is 11.6. The Balaban J connectivity index is 2.13. The number of nitrogens with zero attached hydrogens (tertiary/aromatic N) is 1. The molecule has 5 heteroatoms.